The fourth-order valence-electron chi connectivity index (χ4n) is 2.55. The van der Waals surface area contributed by atoms with Crippen LogP contribution in [0.1, 0.15) is 26.4 Å². The van der Waals surface area contributed by atoms with Crippen molar-refractivity contribution in [3.63, 3.8) is 0 Å². The van der Waals surface area contributed by atoms with Crippen molar-refractivity contribution in [3.05, 3.63) is 51.2 Å². The van der Waals surface area contributed by atoms with E-state index in [0.29, 0.717) is 25.4 Å². The van der Waals surface area contributed by atoms with Crippen LogP contribution < -0.4 is 15.4 Å². The number of carbonyl (C=O) groups excluding carboxylic acids is 2. The summed E-state index contributed by atoms with van der Waals surface area (Å²) in [6, 6.07) is 7.72. The number of ether oxygens (including phenoxy) is 2. The molecular weight excluding hydrogens is 352 g/mol. The lowest BCUT2D eigenvalue weighted by Gasteiger charge is -2.14. The molecule has 2 aromatic rings. The second-order valence-corrected chi connectivity index (χ2v) is 6.78. The van der Waals surface area contributed by atoms with Crippen LogP contribution in [0, 0.1) is 13.8 Å². The smallest absolute Gasteiger partial charge is 0.343 e. The molecule has 2 N–H and O–H groups in total. The largest absolute Gasteiger partial charge is 0.481 e. The predicted octanol–water partition coefficient (Wildman–Crippen LogP) is 2.44. The van der Waals surface area contributed by atoms with E-state index in [9.17, 15) is 9.59 Å². The second-order valence-electron chi connectivity index (χ2n) is 5.83. The van der Waals surface area contributed by atoms with Crippen molar-refractivity contribution in [2.24, 2.45) is 0 Å². The van der Waals surface area contributed by atoms with Crippen LogP contribution in [-0.2, 0) is 16.1 Å². The zero-order valence-electron chi connectivity index (χ0n) is 15.3. The van der Waals surface area contributed by atoms with E-state index in [0.717, 1.165) is 21.6 Å². The Morgan fingerprint density at radius 3 is 2.50 bits per heavy atom. The molecule has 140 valence electrons. The summed E-state index contributed by atoms with van der Waals surface area (Å²) in [7, 11) is 1.34. The van der Waals surface area contributed by atoms with Crippen molar-refractivity contribution in [2.75, 3.05) is 26.8 Å². The molecule has 0 radical (unpaired) electrons. The van der Waals surface area contributed by atoms with Gasteiger partial charge < -0.3 is 20.1 Å². The van der Waals surface area contributed by atoms with Gasteiger partial charge in [0.2, 0.25) is 0 Å². The maximum Gasteiger partial charge on any atom is 0.343 e. The number of benzene rings is 1. The lowest BCUT2D eigenvalue weighted by Crippen LogP contribution is -2.31. The third-order valence-corrected chi connectivity index (χ3v) is 4.61. The van der Waals surface area contributed by atoms with Crippen molar-refractivity contribution in [1.82, 2.24) is 10.6 Å². The monoisotopic (exact) mass is 376 g/mol. The van der Waals surface area contributed by atoms with Crippen LogP contribution in [-0.4, -0.2) is 38.7 Å². The van der Waals surface area contributed by atoms with Crippen LogP contribution in [0.4, 0.5) is 0 Å². The molecule has 1 aromatic carbocycles. The highest BCUT2D eigenvalue weighted by atomic mass is 32.1. The lowest BCUT2D eigenvalue weighted by atomic mass is 10.1. The molecule has 2 rings (SSSR count). The molecule has 0 saturated heterocycles. The SMILES string of the molecule is COC(=O)COc1c(C)cc(CNCCNC(=O)c2cccs2)cc1C. The number of hydrogen-bond donors (Lipinski definition) is 2. The molecule has 0 fully saturated rings. The maximum atomic E-state index is 11.8. The molecule has 0 unspecified atom stereocenters. The standard InChI is InChI=1S/C19H24N2O4S/c1-13-9-15(10-14(2)18(13)25-12-17(22)24-3)11-20-6-7-21-19(23)16-5-4-8-26-16/h4-5,8-10,20H,6-7,11-12H2,1-3H3,(H,21,23). The highest BCUT2D eigenvalue weighted by Crippen LogP contribution is 2.24. The predicted molar refractivity (Wildman–Crippen MR) is 102 cm³/mol. The molecule has 7 heteroatoms. The molecule has 0 spiro atoms. The number of aryl methyl sites for hydroxylation is 2. The Balaban J connectivity index is 1.77. The van der Waals surface area contributed by atoms with Gasteiger partial charge in [0.15, 0.2) is 6.61 Å². The first kappa shape index (κ1) is 19.9. The van der Waals surface area contributed by atoms with E-state index >= 15 is 0 Å². The molecule has 0 bridgehead atoms. The number of rotatable bonds is 9. The first-order chi connectivity index (χ1) is 12.5. The Kier molecular flexibility index (Phi) is 7.62. The van der Waals surface area contributed by atoms with Crippen molar-refractivity contribution in [2.45, 2.75) is 20.4 Å². The molecule has 0 aliphatic rings. The van der Waals surface area contributed by atoms with Crippen molar-refractivity contribution in [3.8, 4) is 5.75 Å². The van der Waals surface area contributed by atoms with Crippen molar-refractivity contribution in [1.29, 1.82) is 0 Å². The van der Waals surface area contributed by atoms with Crippen LogP contribution in [0.25, 0.3) is 0 Å². The Morgan fingerprint density at radius 1 is 1.15 bits per heavy atom. The topological polar surface area (TPSA) is 76.7 Å². The first-order valence-electron chi connectivity index (χ1n) is 8.33. The van der Waals surface area contributed by atoms with Gasteiger partial charge in [-0.25, -0.2) is 4.79 Å². The molecule has 0 aliphatic heterocycles. The van der Waals surface area contributed by atoms with E-state index in [1.54, 1.807) is 0 Å². The normalized spacial score (nSPS) is 10.4. The summed E-state index contributed by atoms with van der Waals surface area (Å²) in [6.45, 7) is 5.73. The Labute approximate surface area is 157 Å². The minimum Gasteiger partial charge on any atom is -0.481 e. The van der Waals surface area contributed by atoms with Gasteiger partial charge in [0, 0.05) is 19.6 Å². The molecule has 1 aromatic heterocycles. The van der Waals surface area contributed by atoms with E-state index in [2.05, 4.69) is 15.4 Å². The minimum atomic E-state index is -0.404. The van der Waals surface area contributed by atoms with E-state index in [1.807, 2.05) is 43.5 Å². The van der Waals surface area contributed by atoms with Crippen LogP contribution in [0.3, 0.4) is 0 Å². The van der Waals surface area contributed by atoms with Crippen LogP contribution in [0.15, 0.2) is 29.6 Å². The number of amides is 1. The summed E-state index contributed by atoms with van der Waals surface area (Å²) < 4.78 is 10.1. The summed E-state index contributed by atoms with van der Waals surface area (Å²) in [5.41, 5.74) is 3.06. The van der Waals surface area contributed by atoms with Crippen LogP contribution in [0.5, 0.6) is 5.75 Å². The molecule has 6 nitrogen and oxygen atoms in total. The fraction of sp³-hybridized carbons (Fsp3) is 0.368. The van der Waals surface area contributed by atoms with E-state index in [4.69, 9.17) is 4.74 Å². The Hall–Kier alpha value is -2.38. The summed E-state index contributed by atoms with van der Waals surface area (Å²) in [5.74, 6) is 0.266. The summed E-state index contributed by atoms with van der Waals surface area (Å²) in [6.07, 6.45) is 0. The molecule has 26 heavy (non-hydrogen) atoms. The highest BCUT2D eigenvalue weighted by Gasteiger charge is 2.09. The number of nitrogens with one attached hydrogen (secondary N) is 2. The number of hydrogen-bond acceptors (Lipinski definition) is 6. The third-order valence-electron chi connectivity index (χ3n) is 3.74. The molecule has 0 aliphatic carbocycles. The third kappa shape index (κ3) is 5.86. The van der Waals surface area contributed by atoms with Gasteiger partial charge in [-0.15, -0.1) is 11.3 Å². The number of thiophene rings is 1. The molecule has 1 heterocycles. The van der Waals surface area contributed by atoms with Gasteiger partial charge in [0.05, 0.1) is 12.0 Å². The van der Waals surface area contributed by atoms with Crippen molar-refractivity contribution < 1.29 is 19.1 Å². The minimum absolute atomic E-state index is 0.0411. The maximum absolute atomic E-state index is 11.8. The zero-order chi connectivity index (χ0) is 18.9. The van der Waals surface area contributed by atoms with Gasteiger partial charge in [0.25, 0.3) is 5.91 Å². The van der Waals surface area contributed by atoms with Crippen LogP contribution >= 0.6 is 11.3 Å². The summed E-state index contributed by atoms with van der Waals surface area (Å²) in [4.78, 5) is 23.8. The van der Waals surface area contributed by atoms with Gasteiger partial charge >= 0.3 is 5.97 Å². The van der Waals surface area contributed by atoms with Gasteiger partial charge in [-0.05, 0) is 42.0 Å². The van der Waals surface area contributed by atoms with E-state index < -0.39 is 5.97 Å². The van der Waals surface area contributed by atoms with Gasteiger partial charge in [0.1, 0.15) is 5.75 Å². The fourth-order valence-corrected chi connectivity index (χ4v) is 3.19. The highest BCUT2D eigenvalue weighted by molar-refractivity contribution is 7.12. The molecular formula is C19H24N2O4S. The molecule has 1 amide bonds. The van der Waals surface area contributed by atoms with Crippen molar-refractivity contribution >= 4 is 23.2 Å². The number of methoxy groups -OCH3 is 1. The Morgan fingerprint density at radius 2 is 1.88 bits per heavy atom. The summed E-state index contributed by atoms with van der Waals surface area (Å²) in [5, 5.41) is 8.08. The zero-order valence-corrected chi connectivity index (χ0v) is 16.1. The quantitative estimate of drug-likeness (QED) is 0.519. The average Bonchev–Trinajstić information content (AvgIpc) is 3.15. The van der Waals surface area contributed by atoms with Gasteiger partial charge in [-0.3, -0.25) is 4.79 Å². The second kappa shape index (κ2) is 9.94. The van der Waals surface area contributed by atoms with E-state index in [-0.39, 0.29) is 12.5 Å². The number of esters is 1. The van der Waals surface area contributed by atoms with Gasteiger partial charge in [-0.1, -0.05) is 18.2 Å². The van der Waals surface area contributed by atoms with Gasteiger partial charge in [-0.2, -0.15) is 0 Å². The Bertz CT molecular complexity index is 721. The summed E-state index contributed by atoms with van der Waals surface area (Å²) >= 11 is 1.43. The first-order valence-corrected chi connectivity index (χ1v) is 9.21. The molecule has 0 saturated carbocycles. The average molecular weight is 376 g/mol. The van der Waals surface area contributed by atoms with Crippen LogP contribution in [0.2, 0.25) is 0 Å². The van der Waals surface area contributed by atoms with E-state index in [1.165, 1.54) is 18.4 Å². The lowest BCUT2D eigenvalue weighted by molar-refractivity contribution is -0.142. The number of carbonyl (C=O) groups is 2. The molecule has 0 atom stereocenters.